The quantitative estimate of drug-likeness (QED) is 0.473. The smallest absolute Gasteiger partial charge is 0.195 e. The first-order valence-electron chi connectivity index (χ1n) is 8.53. The van der Waals surface area contributed by atoms with Crippen molar-refractivity contribution in [2.45, 2.75) is 20.4 Å². The molecule has 0 atom stereocenters. The van der Waals surface area contributed by atoms with Crippen molar-refractivity contribution in [3.8, 4) is 0 Å². The van der Waals surface area contributed by atoms with Crippen LogP contribution >= 0.6 is 28.3 Å². The molecule has 0 aliphatic rings. The molecular formula is C20H25BrNO2S+. The number of nitrogens with zero attached hydrogens (tertiary/aromatic N) is 1. The van der Waals surface area contributed by atoms with Crippen molar-refractivity contribution in [1.82, 2.24) is 0 Å². The molecule has 134 valence electrons. The molecular weight excluding hydrogens is 398 g/mol. The van der Waals surface area contributed by atoms with Gasteiger partial charge < -0.3 is 9.59 Å². The Hall–Kier alpha value is -1.27. The van der Waals surface area contributed by atoms with Gasteiger partial charge in [-0.2, -0.15) is 0 Å². The summed E-state index contributed by atoms with van der Waals surface area (Å²) in [5.41, 5.74) is 1.29. The normalized spacial score (nSPS) is 11.6. The second-order valence-corrected chi connectivity index (χ2v) is 7.42. The van der Waals surface area contributed by atoms with Gasteiger partial charge in [0, 0.05) is 25.7 Å². The molecule has 3 aromatic rings. The van der Waals surface area contributed by atoms with Crippen LogP contribution in [0.5, 0.6) is 0 Å². The van der Waals surface area contributed by atoms with Crippen LogP contribution in [0, 0.1) is 0 Å². The summed E-state index contributed by atoms with van der Waals surface area (Å²) in [4.78, 5) is 12.8. The third-order valence-electron chi connectivity index (χ3n) is 5.07. The largest absolute Gasteiger partial charge is 0.391 e. The molecule has 1 aromatic heterocycles. The second kappa shape index (κ2) is 8.41. The molecule has 0 saturated heterocycles. The Bertz CT molecular complexity index is 918. The number of hydrogen-bond donors (Lipinski definition) is 1. The highest BCUT2D eigenvalue weighted by atomic mass is 79.9. The maximum Gasteiger partial charge on any atom is 0.195 e. The second-order valence-electron chi connectivity index (χ2n) is 6.34. The van der Waals surface area contributed by atoms with Gasteiger partial charge in [0.15, 0.2) is 5.43 Å². The Morgan fingerprint density at radius 1 is 1.00 bits per heavy atom. The van der Waals surface area contributed by atoms with Crippen molar-refractivity contribution in [3.63, 3.8) is 0 Å². The fourth-order valence-corrected chi connectivity index (χ4v) is 4.44. The van der Waals surface area contributed by atoms with E-state index in [0.29, 0.717) is 0 Å². The van der Waals surface area contributed by atoms with Crippen LogP contribution in [0.1, 0.15) is 19.4 Å². The monoisotopic (exact) mass is 422 g/mol. The molecule has 0 bridgehead atoms. The highest BCUT2D eigenvalue weighted by Crippen LogP contribution is 2.26. The number of quaternary nitrogens is 1. The molecule has 0 aliphatic carbocycles. The predicted octanol–water partition coefficient (Wildman–Crippen LogP) is 4.34. The van der Waals surface area contributed by atoms with Crippen molar-refractivity contribution in [3.05, 3.63) is 58.3 Å². The Balaban J connectivity index is 0.00000225. The molecule has 0 spiro atoms. The summed E-state index contributed by atoms with van der Waals surface area (Å²) in [5.74, 6) is 0. The van der Waals surface area contributed by atoms with Crippen molar-refractivity contribution in [2.75, 3.05) is 26.2 Å². The lowest BCUT2D eigenvalue weighted by Gasteiger charge is -2.36. The summed E-state index contributed by atoms with van der Waals surface area (Å²) in [6, 6.07) is 14.1. The van der Waals surface area contributed by atoms with E-state index in [1.54, 1.807) is 11.3 Å². The van der Waals surface area contributed by atoms with Gasteiger partial charge >= 0.3 is 0 Å². The maximum absolute atomic E-state index is 12.8. The summed E-state index contributed by atoms with van der Waals surface area (Å²) >= 11 is 1.67. The van der Waals surface area contributed by atoms with Crippen molar-refractivity contribution in [2.24, 2.45) is 0 Å². The molecule has 0 fully saturated rings. The molecule has 0 saturated carbocycles. The molecule has 1 heterocycles. The Kier molecular flexibility index (Phi) is 6.74. The van der Waals surface area contributed by atoms with Crippen molar-refractivity contribution >= 4 is 48.5 Å². The van der Waals surface area contributed by atoms with Gasteiger partial charge in [-0.15, -0.1) is 28.3 Å². The summed E-state index contributed by atoms with van der Waals surface area (Å²) < 4.78 is 2.92. The van der Waals surface area contributed by atoms with Crippen LogP contribution < -0.4 is 5.43 Å². The van der Waals surface area contributed by atoms with E-state index in [1.807, 2.05) is 24.3 Å². The summed E-state index contributed by atoms with van der Waals surface area (Å²) in [6.45, 7) is 8.05. The zero-order valence-electron chi connectivity index (χ0n) is 14.7. The molecule has 3 nitrogen and oxygen atoms in total. The van der Waals surface area contributed by atoms with Gasteiger partial charge in [0.1, 0.15) is 13.1 Å². The molecule has 2 aromatic carbocycles. The zero-order valence-corrected chi connectivity index (χ0v) is 17.2. The summed E-state index contributed by atoms with van der Waals surface area (Å²) in [5, 5.41) is 11.0. The average Bonchev–Trinajstić information content (AvgIpc) is 2.62. The molecule has 0 unspecified atom stereocenters. The van der Waals surface area contributed by atoms with Gasteiger partial charge in [-0.05, 0) is 38.1 Å². The van der Waals surface area contributed by atoms with Gasteiger partial charge in [-0.1, -0.05) is 18.2 Å². The lowest BCUT2D eigenvalue weighted by atomic mass is 10.1. The summed E-state index contributed by atoms with van der Waals surface area (Å²) in [6.07, 6.45) is 0. The maximum atomic E-state index is 12.8. The van der Waals surface area contributed by atoms with E-state index in [2.05, 4.69) is 32.0 Å². The molecule has 0 aliphatic heterocycles. The molecule has 3 rings (SSSR count). The highest BCUT2D eigenvalue weighted by molar-refractivity contribution is 8.93. The highest BCUT2D eigenvalue weighted by Gasteiger charge is 2.23. The molecule has 0 radical (unpaired) electrons. The third-order valence-corrected chi connectivity index (χ3v) is 6.23. The molecule has 5 heteroatoms. The van der Waals surface area contributed by atoms with E-state index in [4.69, 9.17) is 0 Å². The van der Waals surface area contributed by atoms with Crippen LogP contribution in [-0.2, 0) is 6.54 Å². The SMILES string of the molecule is Br.CC[N+](CC)(CCO)Cc1ccc2sc3ccccc3c(=O)c2c1. The van der Waals surface area contributed by atoms with Crippen LogP contribution in [0.3, 0.4) is 0 Å². The van der Waals surface area contributed by atoms with E-state index in [9.17, 15) is 9.90 Å². The number of fused-ring (bicyclic) bond motifs is 2. The Morgan fingerprint density at radius 3 is 2.36 bits per heavy atom. The predicted molar refractivity (Wildman–Crippen MR) is 113 cm³/mol. The first kappa shape index (κ1) is 20.0. The minimum Gasteiger partial charge on any atom is -0.391 e. The number of halogens is 1. The van der Waals surface area contributed by atoms with E-state index in [1.165, 1.54) is 5.56 Å². The first-order chi connectivity index (χ1) is 11.6. The standard InChI is InChI=1S/C20H24NO2S.BrH/c1-3-21(4-2,11-12-22)14-15-9-10-19-17(13-15)20(23)16-7-5-6-8-18(16)24-19;/h5-10,13,22H,3-4,11-12,14H2,1-2H3;1H/q+1;. The summed E-state index contributed by atoms with van der Waals surface area (Å²) in [7, 11) is 0. The van der Waals surface area contributed by atoms with Crippen LogP contribution in [0.15, 0.2) is 47.3 Å². The number of rotatable bonds is 6. The third kappa shape index (κ3) is 3.95. The number of aliphatic hydroxyl groups is 1. The number of likely N-dealkylation sites (N-methyl/N-ethyl adjacent to an activating group) is 1. The van der Waals surface area contributed by atoms with E-state index < -0.39 is 0 Å². The Labute approximate surface area is 162 Å². The number of hydrogen-bond acceptors (Lipinski definition) is 3. The van der Waals surface area contributed by atoms with E-state index in [0.717, 1.165) is 50.8 Å². The van der Waals surface area contributed by atoms with Crippen LogP contribution in [0.25, 0.3) is 20.2 Å². The van der Waals surface area contributed by atoms with E-state index in [-0.39, 0.29) is 29.0 Å². The Morgan fingerprint density at radius 2 is 1.68 bits per heavy atom. The van der Waals surface area contributed by atoms with Crippen LogP contribution in [0.2, 0.25) is 0 Å². The lowest BCUT2D eigenvalue weighted by molar-refractivity contribution is -0.938. The van der Waals surface area contributed by atoms with Gasteiger partial charge in [-0.25, -0.2) is 0 Å². The van der Waals surface area contributed by atoms with Gasteiger partial charge in [0.2, 0.25) is 0 Å². The minimum absolute atomic E-state index is 0. The topological polar surface area (TPSA) is 37.3 Å². The minimum atomic E-state index is 0. The van der Waals surface area contributed by atoms with Crippen molar-refractivity contribution in [1.29, 1.82) is 0 Å². The number of aliphatic hydroxyl groups excluding tert-OH is 1. The van der Waals surface area contributed by atoms with E-state index >= 15 is 0 Å². The number of benzene rings is 2. The fourth-order valence-electron chi connectivity index (χ4n) is 3.39. The lowest BCUT2D eigenvalue weighted by Crippen LogP contribution is -2.48. The average molecular weight is 423 g/mol. The fraction of sp³-hybridized carbons (Fsp3) is 0.350. The van der Waals surface area contributed by atoms with Gasteiger partial charge in [0.05, 0.1) is 19.7 Å². The molecule has 25 heavy (non-hydrogen) atoms. The van der Waals surface area contributed by atoms with Crippen molar-refractivity contribution < 1.29 is 9.59 Å². The molecule has 1 N–H and O–H groups in total. The zero-order chi connectivity index (χ0) is 17.2. The molecule has 0 amide bonds. The van der Waals surface area contributed by atoms with Crippen LogP contribution in [-0.4, -0.2) is 35.8 Å². The van der Waals surface area contributed by atoms with Crippen LogP contribution in [0.4, 0.5) is 0 Å². The first-order valence-corrected chi connectivity index (χ1v) is 9.34. The van der Waals surface area contributed by atoms with Gasteiger partial charge in [-0.3, -0.25) is 4.79 Å². The van der Waals surface area contributed by atoms with Gasteiger partial charge in [0.25, 0.3) is 0 Å².